The van der Waals surface area contributed by atoms with Crippen LogP contribution in [0.5, 0.6) is 0 Å². The van der Waals surface area contributed by atoms with E-state index in [9.17, 15) is 9.50 Å². The summed E-state index contributed by atoms with van der Waals surface area (Å²) in [6.07, 6.45) is 6.91. The second kappa shape index (κ2) is 5.12. The SMILES string of the molecule is OCC1(CN2CCc3ccc(F)cc32)CCCCC1. The molecule has 0 saturated heterocycles. The molecule has 0 bridgehead atoms. The number of anilines is 1. The highest BCUT2D eigenvalue weighted by Gasteiger charge is 2.35. The Kier molecular flexibility index (Phi) is 3.48. The fourth-order valence-corrected chi connectivity index (χ4v) is 3.66. The zero-order chi connectivity index (χ0) is 13.3. The van der Waals surface area contributed by atoms with Crippen LogP contribution in [0.1, 0.15) is 37.7 Å². The van der Waals surface area contributed by atoms with Crippen LogP contribution in [0.25, 0.3) is 0 Å². The van der Waals surface area contributed by atoms with Gasteiger partial charge in [-0.15, -0.1) is 0 Å². The number of hydrogen-bond acceptors (Lipinski definition) is 2. The highest BCUT2D eigenvalue weighted by Crippen LogP contribution is 2.39. The first kappa shape index (κ1) is 12.9. The zero-order valence-corrected chi connectivity index (χ0v) is 11.4. The zero-order valence-electron chi connectivity index (χ0n) is 11.4. The summed E-state index contributed by atoms with van der Waals surface area (Å²) >= 11 is 0. The average molecular weight is 263 g/mol. The predicted octanol–water partition coefficient (Wildman–Crippen LogP) is 3.13. The van der Waals surface area contributed by atoms with Crippen LogP contribution in [0.3, 0.4) is 0 Å². The topological polar surface area (TPSA) is 23.5 Å². The molecule has 3 heteroatoms. The molecule has 1 heterocycles. The van der Waals surface area contributed by atoms with Crippen LogP contribution in [0.2, 0.25) is 0 Å². The lowest BCUT2D eigenvalue weighted by molar-refractivity contribution is 0.0884. The molecule has 0 atom stereocenters. The van der Waals surface area contributed by atoms with Gasteiger partial charge in [-0.25, -0.2) is 4.39 Å². The van der Waals surface area contributed by atoms with Gasteiger partial charge in [-0.2, -0.15) is 0 Å². The van der Waals surface area contributed by atoms with Crippen LogP contribution in [0.4, 0.5) is 10.1 Å². The molecule has 1 aliphatic heterocycles. The number of aliphatic hydroxyl groups excluding tert-OH is 1. The summed E-state index contributed by atoms with van der Waals surface area (Å²) in [5.74, 6) is -0.160. The van der Waals surface area contributed by atoms with Crippen molar-refractivity contribution in [3.05, 3.63) is 29.6 Å². The largest absolute Gasteiger partial charge is 0.396 e. The van der Waals surface area contributed by atoms with E-state index in [-0.39, 0.29) is 17.8 Å². The van der Waals surface area contributed by atoms with Gasteiger partial charge < -0.3 is 10.0 Å². The van der Waals surface area contributed by atoms with E-state index in [0.717, 1.165) is 38.0 Å². The van der Waals surface area contributed by atoms with Gasteiger partial charge in [0, 0.05) is 24.2 Å². The van der Waals surface area contributed by atoms with Crippen LogP contribution in [-0.4, -0.2) is 24.8 Å². The maximum Gasteiger partial charge on any atom is 0.125 e. The van der Waals surface area contributed by atoms with Crippen molar-refractivity contribution in [1.29, 1.82) is 0 Å². The summed E-state index contributed by atoms with van der Waals surface area (Å²) in [4.78, 5) is 2.28. The van der Waals surface area contributed by atoms with E-state index in [2.05, 4.69) is 4.90 Å². The molecular weight excluding hydrogens is 241 g/mol. The Morgan fingerprint density at radius 3 is 2.74 bits per heavy atom. The first-order valence-corrected chi connectivity index (χ1v) is 7.37. The van der Waals surface area contributed by atoms with E-state index < -0.39 is 0 Å². The van der Waals surface area contributed by atoms with E-state index >= 15 is 0 Å². The van der Waals surface area contributed by atoms with Crippen LogP contribution < -0.4 is 4.90 Å². The summed E-state index contributed by atoms with van der Waals surface area (Å²) in [6, 6.07) is 5.10. The highest BCUT2D eigenvalue weighted by atomic mass is 19.1. The van der Waals surface area contributed by atoms with Gasteiger partial charge in [-0.05, 0) is 37.0 Å². The van der Waals surface area contributed by atoms with Gasteiger partial charge in [0.05, 0.1) is 6.61 Å². The second-order valence-corrected chi connectivity index (χ2v) is 6.16. The molecule has 0 amide bonds. The van der Waals surface area contributed by atoms with Crippen LogP contribution >= 0.6 is 0 Å². The number of hydrogen-bond donors (Lipinski definition) is 1. The first-order chi connectivity index (χ1) is 9.22. The van der Waals surface area contributed by atoms with Crippen LogP contribution in [0.15, 0.2) is 18.2 Å². The lowest BCUT2D eigenvalue weighted by Crippen LogP contribution is -2.41. The Balaban J connectivity index is 1.79. The number of benzene rings is 1. The Bertz CT molecular complexity index is 454. The van der Waals surface area contributed by atoms with Crippen LogP contribution in [0, 0.1) is 11.2 Å². The molecule has 0 radical (unpaired) electrons. The second-order valence-electron chi connectivity index (χ2n) is 6.16. The molecule has 1 fully saturated rings. The number of fused-ring (bicyclic) bond motifs is 1. The lowest BCUT2D eigenvalue weighted by Gasteiger charge is -2.39. The van der Waals surface area contributed by atoms with Crippen molar-refractivity contribution in [2.45, 2.75) is 38.5 Å². The first-order valence-electron chi connectivity index (χ1n) is 7.37. The summed E-state index contributed by atoms with van der Waals surface area (Å²) in [6.45, 7) is 2.09. The molecule has 0 spiro atoms. The third-order valence-corrected chi connectivity index (χ3v) is 4.81. The van der Waals surface area contributed by atoms with Gasteiger partial charge in [0.15, 0.2) is 0 Å². The lowest BCUT2D eigenvalue weighted by atomic mass is 9.74. The maximum absolute atomic E-state index is 13.4. The fourth-order valence-electron chi connectivity index (χ4n) is 3.66. The number of rotatable bonds is 3. The van der Waals surface area contributed by atoms with Crippen molar-refractivity contribution >= 4 is 5.69 Å². The molecule has 1 aromatic rings. The molecule has 0 unspecified atom stereocenters. The number of nitrogens with zero attached hydrogens (tertiary/aromatic N) is 1. The molecule has 19 heavy (non-hydrogen) atoms. The van der Waals surface area contributed by atoms with Gasteiger partial charge in [-0.1, -0.05) is 25.3 Å². The van der Waals surface area contributed by atoms with Crippen molar-refractivity contribution in [3.8, 4) is 0 Å². The van der Waals surface area contributed by atoms with E-state index in [0.29, 0.717) is 0 Å². The molecule has 3 rings (SSSR count). The van der Waals surface area contributed by atoms with Crippen molar-refractivity contribution in [2.24, 2.45) is 5.41 Å². The minimum absolute atomic E-state index is 0.0339. The van der Waals surface area contributed by atoms with E-state index in [1.807, 2.05) is 6.07 Å². The van der Waals surface area contributed by atoms with Crippen molar-refractivity contribution < 1.29 is 9.50 Å². The minimum Gasteiger partial charge on any atom is -0.396 e. The Morgan fingerprint density at radius 1 is 1.21 bits per heavy atom. The molecule has 1 aliphatic carbocycles. The smallest absolute Gasteiger partial charge is 0.125 e. The Labute approximate surface area is 114 Å². The van der Waals surface area contributed by atoms with Crippen molar-refractivity contribution in [1.82, 2.24) is 0 Å². The quantitative estimate of drug-likeness (QED) is 0.905. The van der Waals surface area contributed by atoms with E-state index in [4.69, 9.17) is 0 Å². The molecule has 1 saturated carbocycles. The molecule has 2 nitrogen and oxygen atoms in total. The van der Waals surface area contributed by atoms with Crippen molar-refractivity contribution in [2.75, 3.05) is 24.6 Å². The average Bonchev–Trinajstić information content (AvgIpc) is 2.82. The summed E-state index contributed by atoms with van der Waals surface area (Å²) in [5, 5.41) is 9.80. The standard InChI is InChI=1S/C16H22FNO/c17-14-5-4-13-6-9-18(15(13)10-14)11-16(12-19)7-2-1-3-8-16/h4-5,10,19H,1-3,6-9,11-12H2. The van der Waals surface area contributed by atoms with Gasteiger partial charge in [0.1, 0.15) is 5.82 Å². The maximum atomic E-state index is 13.4. The molecule has 1 N–H and O–H groups in total. The molecule has 2 aliphatic rings. The highest BCUT2D eigenvalue weighted by molar-refractivity contribution is 5.58. The van der Waals surface area contributed by atoms with E-state index in [1.165, 1.54) is 24.8 Å². The van der Waals surface area contributed by atoms with Crippen molar-refractivity contribution in [3.63, 3.8) is 0 Å². The van der Waals surface area contributed by atoms with Gasteiger partial charge >= 0.3 is 0 Å². The molecule has 1 aromatic carbocycles. The molecule has 104 valence electrons. The number of aliphatic hydroxyl groups is 1. The molecule has 0 aromatic heterocycles. The summed E-state index contributed by atoms with van der Waals surface area (Å²) in [5.41, 5.74) is 2.32. The third kappa shape index (κ3) is 2.48. The Morgan fingerprint density at radius 2 is 2.00 bits per heavy atom. The fraction of sp³-hybridized carbons (Fsp3) is 0.625. The van der Waals surface area contributed by atoms with Gasteiger partial charge in [0.2, 0.25) is 0 Å². The number of halogens is 1. The Hall–Kier alpha value is -1.09. The van der Waals surface area contributed by atoms with Crippen LogP contribution in [-0.2, 0) is 6.42 Å². The predicted molar refractivity (Wildman–Crippen MR) is 74.9 cm³/mol. The third-order valence-electron chi connectivity index (χ3n) is 4.81. The minimum atomic E-state index is -0.160. The van der Waals surface area contributed by atoms with E-state index in [1.54, 1.807) is 12.1 Å². The monoisotopic (exact) mass is 263 g/mol. The van der Waals surface area contributed by atoms with Gasteiger partial charge in [-0.3, -0.25) is 0 Å². The summed E-state index contributed by atoms with van der Waals surface area (Å²) in [7, 11) is 0. The summed E-state index contributed by atoms with van der Waals surface area (Å²) < 4.78 is 13.4. The normalized spacial score (nSPS) is 21.5. The molecular formula is C16H22FNO. The van der Waals surface area contributed by atoms with Gasteiger partial charge in [0.25, 0.3) is 0 Å².